The van der Waals surface area contributed by atoms with Crippen LogP contribution in [-0.4, -0.2) is 27.3 Å². The number of nitrogens with zero attached hydrogens (tertiary/aromatic N) is 2. The second-order valence-electron chi connectivity index (χ2n) is 5.31. The van der Waals surface area contributed by atoms with Crippen LogP contribution in [0.5, 0.6) is 0 Å². The molecule has 0 radical (unpaired) electrons. The van der Waals surface area contributed by atoms with Crippen molar-refractivity contribution in [1.82, 2.24) is 14.9 Å². The number of imidazole rings is 1. The summed E-state index contributed by atoms with van der Waals surface area (Å²) in [5, 5.41) is 2.08. The summed E-state index contributed by atoms with van der Waals surface area (Å²) in [6.45, 7) is 0.836. The number of carbonyl (C=O) groups is 1. The average molecular weight is 297 g/mol. The number of aromatic amines is 1. The van der Waals surface area contributed by atoms with Crippen molar-refractivity contribution >= 4 is 28.3 Å². The average Bonchev–Trinajstić information content (AvgIpc) is 3.24. The Morgan fingerprint density at radius 1 is 1.38 bits per heavy atom. The van der Waals surface area contributed by atoms with Gasteiger partial charge >= 0.3 is 0 Å². The maximum atomic E-state index is 12.8. The molecule has 1 aliphatic heterocycles. The molecule has 2 aromatic heterocycles. The number of amides is 1. The molecule has 0 bridgehead atoms. The third-order valence-corrected chi connectivity index (χ3v) is 5.03. The number of carbonyl (C=O) groups excluding carboxylic acids is 1. The van der Waals surface area contributed by atoms with Crippen LogP contribution in [0.1, 0.15) is 34.1 Å². The molecule has 1 aliphatic rings. The lowest BCUT2D eigenvalue weighted by Crippen LogP contribution is -2.30. The van der Waals surface area contributed by atoms with Gasteiger partial charge in [0, 0.05) is 17.0 Å². The van der Waals surface area contributed by atoms with E-state index >= 15 is 0 Å². The highest BCUT2D eigenvalue weighted by molar-refractivity contribution is 7.10. The van der Waals surface area contributed by atoms with Gasteiger partial charge in [0.2, 0.25) is 0 Å². The third-order valence-electron chi connectivity index (χ3n) is 4.05. The Bertz CT molecular complexity index is 778. The summed E-state index contributed by atoms with van der Waals surface area (Å²) < 4.78 is 0. The molecule has 0 saturated carbocycles. The number of rotatable bonds is 2. The first kappa shape index (κ1) is 12.6. The normalized spacial score (nSPS) is 18.5. The lowest BCUT2D eigenvalue weighted by atomic mass is 10.1. The molecule has 1 aromatic carbocycles. The number of thiophene rings is 1. The summed E-state index contributed by atoms with van der Waals surface area (Å²) in [5.74, 6) is 0.113. The standard InChI is InChI=1S/C16H15N3OS/c20-16(11-5-6-12-13(9-11)18-10-17-12)19-7-1-3-14(19)15-4-2-8-21-15/h2,4-6,8-10,14H,1,3,7H2,(H,17,18)/t14-/m1/s1. The van der Waals surface area contributed by atoms with Crippen molar-refractivity contribution in [2.45, 2.75) is 18.9 Å². The molecule has 1 fully saturated rings. The highest BCUT2D eigenvalue weighted by Crippen LogP contribution is 2.35. The van der Waals surface area contributed by atoms with E-state index in [9.17, 15) is 4.79 Å². The number of aromatic nitrogens is 2. The van der Waals surface area contributed by atoms with Gasteiger partial charge in [0.05, 0.1) is 23.4 Å². The van der Waals surface area contributed by atoms with Gasteiger partial charge < -0.3 is 9.88 Å². The molecular formula is C16H15N3OS. The van der Waals surface area contributed by atoms with Crippen LogP contribution in [0.15, 0.2) is 42.0 Å². The van der Waals surface area contributed by atoms with E-state index in [0.29, 0.717) is 0 Å². The van der Waals surface area contributed by atoms with E-state index in [0.717, 1.165) is 36.0 Å². The van der Waals surface area contributed by atoms with Gasteiger partial charge in [-0.05, 0) is 42.5 Å². The second kappa shape index (κ2) is 5.00. The maximum absolute atomic E-state index is 12.8. The molecule has 1 atom stereocenters. The van der Waals surface area contributed by atoms with E-state index in [1.165, 1.54) is 4.88 Å². The number of nitrogens with one attached hydrogen (secondary N) is 1. The summed E-state index contributed by atoms with van der Waals surface area (Å²) in [6.07, 6.45) is 3.78. The molecule has 5 heteroatoms. The molecular weight excluding hydrogens is 282 g/mol. The molecule has 4 nitrogen and oxygen atoms in total. The van der Waals surface area contributed by atoms with E-state index in [2.05, 4.69) is 27.5 Å². The predicted octanol–water partition coefficient (Wildman–Crippen LogP) is 3.60. The summed E-state index contributed by atoms with van der Waals surface area (Å²) in [4.78, 5) is 23.4. The first-order valence-corrected chi connectivity index (χ1v) is 7.98. The fourth-order valence-corrected chi connectivity index (χ4v) is 3.89. The van der Waals surface area contributed by atoms with Gasteiger partial charge in [-0.25, -0.2) is 4.98 Å². The zero-order valence-corrected chi connectivity index (χ0v) is 12.3. The van der Waals surface area contributed by atoms with Crippen molar-refractivity contribution in [3.8, 4) is 0 Å². The molecule has 106 valence electrons. The van der Waals surface area contributed by atoms with E-state index in [4.69, 9.17) is 0 Å². The second-order valence-corrected chi connectivity index (χ2v) is 6.29. The van der Waals surface area contributed by atoms with Crippen LogP contribution >= 0.6 is 11.3 Å². The largest absolute Gasteiger partial charge is 0.345 e. The van der Waals surface area contributed by atoms with E-state index in [1.807, 2.05) is 23.1 Å². The first-order chi connectivity index (χ1) is 10.3. The van der Waals surface area contributed by atoms with Crippen LogP contribution in [0.2, 0.25) is 0 Å². The van der Waals surface area contributed by atoms with Gasteiger partial charge in [-0.2, -0.15) is 0 Å². The molecule has 1 N–H and O–H groups in total. The molecule has 0 spiro atoms. The Labute approximate surface area is 126 Å². The molecule has 3 heterocycles. The third kappa shape index (κ3) is 2.14. The van der Waals surface area contributed by atoms with Crippen LogP contribution in [-0.2, 0) is 0 Å². The lowest BCUT2D eigenvalue weighted by molar-refractivity contribution is 0.0738. The maximum Gasteiger partial charge on any atom is 0.254 e. The Balaban J connectivity index is 1.66. The highest BCUT2D eigenvalue weighted by Gasteiger charge is 2.31. The van der Waals surface area contributed by atoms with Crippen LogP contribution in [0, 0.1) is 0 Å². The summed E-state index contributed by atoms with van der Waals surface area (Å²) in [6, 6.07) is 10.1. The lowest BCUT2D eigenvalue weighted by Gasteiger charge is -2.24. The van der Waals surface area contributed by atoms with Gasteiger partial charge in [-0.15, -0.1) is 11.3 Å². The van der Waals surface area contributed by atoms with Gasteiger partial charge in [-0.1, -0.05) is 6.07 Å². The monoisotopic (exact) mass is 297 g/mol. The zero-order valence-electron chi connectivity index (χ0n) is 11.5. The van der Waals surface area contributed by atoms with Crippen molar-refractivity contribution in [3.05, 3.63) is 52.5 Å². The summed E-state index contributed by atoms with van der Waals surface area (Å²) >= 11 is 1.73. The Morgan fingerprint density at radius 2 is 2.33 bits per heavy atom. The van der Waals surface area contributed by atoms with Crippen molar-refractivity contribution in [3.63, 3.8) is 0 Å². The highest BCUT2D eigenvalue weighted by atomic mass is 32.1. The number of hydrogen-bond acceptors (Lipinski definition) is 3. The Kier molecular flexibility index (Phi) is 3.00. The number of likely N-dealkylation sites (tertiary alicyclic amines) is 1. The molecule has 0 aliphatic carbocycles. The van der Waals surface area contributed by atoms with Gasteiger partial charge in [0.1, 0.15) is 0 Å². The van der Waals surface area contributed by atoms with Crippen molar-refractivity contribution < 1.29 is 4.79 Å². The Hall–Kier alpha value is -2.14. The number of hydrogen-bond donors (Lipinski definition) is 1. The van der Waals surface area contributed by atoms with Crippen LogP contribution in [0.25, 0.3) is 11.0 Å². The van der Waals surface area contributed by atoms with Crippen LogP contribution < -0.4 is 0 Å². The molecule has 3 aromatic rings. The molecule has 1 amide bonds. The van der Waals surface area contributed by atoms with E-state index in [1.54, 1.807) is 17.7 Å². The van der Waals surface area contributed by atoms with Crippen molar-refractivity contribution in [2.75, 3.05) is 6.54 Å². The van der Waals surface area contributed by atoms with Crippen LogP contribution in [0.4, 0.5) is 0 Å². The minimum absolute atomic E-state index is 0.113. The van der Waals surface area contributed by atoms with Gasteiger partial charge in [0.15, 0.2) is 0 Å². The number of H-pyrrole nitrogens is 1. The molecule has 4 rings (SSSR count). The predicted molar refractivity (Wildman–Crippen MR) is 83.4 cm³/mol. The summed E-state index contributed by atoms with van der Waals surface area (Å²) in [5.41, 5.74) is 2.53. The minimum atomic E-state index is 0.113. The zero-order chi connectivity index (χ0) is 14.2. The van der Waals surface area contributed by atoms with E-state index in [-0.39, 0.29) is 11.9 Å². The molecule has 1 saturated heterocycles. The summed E-state index contributed by atoms with van der Waals surface area (Å²) in [7, 11) is 0. The van der Waals surface area contributed by atoms with Crippen LogP contribution in [0.3, 0.4) is 0 Å². The van der Waals surface area contributed by atoms with Gasteiger partial charge in [0.25, 0.3) is 5.91 Å². The number of fused-ring (bicyclic) bond motifs is 1. The van der Waals surface area contributed by atoms with E-state index < -0.39 is 0 Å². The fourth-order valence-electron chi connectivity index (χ4n) is 3.02. The fraction of sp³-hybridized carbons (Fsp3) is 0.250. The van der Waals surface area contributed by atoms with Crippen molar-refractivity contribution in [2.24, 2.45) is 0 Å². The first-order valence-electron chi connectivity index (χ1n) is 7.10. The number of benzene rings is 1. The van der Waals surface area contributed by atoms with Gasteiger partial charge in [-0.3, -0.25) is 4.79 Å². The quantitative estimate of drug-likeness (QED) is 0.785. The SMILES string of the molecule is O=C(c1ccc2nc[nH]c2c1)N1CCC[C@@H]1c1cccs1. The molecule has 0 unspecified atom stereocenters. The van der Waals surface area contributed by atoms with Crippen molar-refractivity contribution in [1.29, 1.82) is 0 Å². The smallest absolute Gasteiger partial charge is 0.254 e. The topological polar surface area (TPSA) is 49.0 Å². The minimum Gasteiger partial charge on any atom is -0.345 e. The Morgan fingerprint density at radius 3 is 3.19 bits per heavy atom. The molecule has 21 heavy (non-hydrogen) atoms.